The molecule has 2 unspecified atom stereocenters. The van der Waals surface area contributed by atoms with Crippen molar-refractivity contribution in [3.63, 3.8) is 0 Å². The van der Waals surface area contributed by atoms with Crippen LogP contribution in [0.3, 0.4) is 0 Å². The minimum absolute atomic E-state index is 0.0297. The summed E-state index contributed by atoms with van der Waals surface area (Å²) in [5.41, 5.74) is 0. The number of likely N-dealkylation sites (N-methyl/N-ethyl adjacent to an activating group) is 1. The van der Waals surface area contributed by atoms with Gasteiger partial charge in [-0.25, -0.2) is 4.57 Å². The lowest BCUT2D eigenvalue weighted by Gasteiger charge is -2.24. The van der Waals surface area contributed by atoms with Crippen LogP contribution in [0.4, 0.5) is 0 Å². The van der Waals surface area contributed by atoms with E-state index >= 15 is 0 Å². The van der Waals surface area contributed by atoms with Gasteiger partial charge in [-0.2, -0.15) is 0 Å². The Morgan fingerprint density at radius 1 is 0.344 bits per heavy atom. The van der Waals surface area contributed by atoms with Gasteiger partial charge in [-0.15, -0.1) is 0 Å². The molecular weight excluding hydrogens is 1130 g/mol. The summed E-state index contributed by atoms with van der Waals surface area (Å²) in [6, 6.07) is 0. The van der Waals surface area contributed by atoms with E-state index in [4.69, 9.17) is 18.5 Å². The summed E-state index contributed by atoms with van der Waals surface area (Å²) < 4.78 is 34.8. The fraction of sp³-hybridized carbons (Fsp3) is 0.750. The van der Waals surface area contributed by atoms with Gasteiger partial charge < -0.3 is 18.9 Å². The standard InChI is InChI=1S/C80H142NO8P/c1-6-8-10-12-14-16-18-20-22-24-26-28-30-32-34-36-37-38-39-40-41-42-43-45-46-48-50-52-54-56-58-60-62-64-66-68-70-72-79(82)86-76-78(77-88-90(84,85)87-75-74-81(3,4)5)89-80(83)73-71-69-67-65-63-61-59-57-55-53-51-49-47-44-35-33-31-29-27-25-23-21-19-17-15-13-11-9-7-2/h8-11,14-17,20-23,26-29,33,35,78H,6-7,12-13,18-19,24-25,30-32,34,36-77H2,1-5H3/p+1/b10-8-,11-9-,16-14-,17-15-,22-20-,23-21-,28-26-,29-27-,35-33-. The molecule has 0 saturated heterocycles. The van der Waals surface area contributed by atoms with Gasteiger partial charge in [-0.3, -0.25) is 18.6 Å². The van der Waals surface area contributed by atoms with E-state index in [0.717, 1.165) is 96.3 Å². The van der Waals surface area contributed by atoms with Crippen LogP contribution in [-0.2, 0) is 32.7 Å². The van der Waals surface area contributed by atoms with Gasteiger partial charge in [0, 0.05) is 12.8 Å². The zero-order chi connectivity index (χ0) is 65.5. The number of phosphoric acid groups is 1. The summed E-state index contributed by atoms with van der Waals surface area (Å²) >= 11 is 0. The molecule has 90 heavy (non-hydrogen) atoms. The van der Waals surface area contributed by atoms with E-state index in [0.29, 0.717) is 17.4 Å². The topological polar surface area (TPSA) is 108 Å². The summed E-state index contributed by atoms with van der Waals surface area (Å²) in [4.78, 5) is 35.9. The second-order valence-corrected chi connectivity index (χ2v) is 27.7. The Hall–Kier alpha value is -3.33. The SMILES string of the molecule is CC/C=C\C/C=C\C/C=C\C/C=C\C/C=C\CCCCCCCCCCCCCCCC(=O)OC(COC(=O)CCCCCCCCCCCCCCCCCCCCCCCCCC/C=C\C/C=C\C/C=C\C/C=C\CC)COP(=O)(O)OCC[N+](C)(C)C. The largest absolute Gasteiger partial charge is 0.472 e. The molecule has 0 bridgehead atoms. The predicted octanol–water partition coefficient (Wildman–Crippen LogP) is 24.8. The van der Waals surface area contributed by atoms with Gasteiger partial charge in [-0.1, -0.05) is 335 Å². The fourth-order valence-corrected chi connectivity index (χ4v) is 11.4. The molecule has 0 aromatic heterocycles. The predicted molar refractivity (Wildman–Crippen MR) is 390 cm³/mol. The van der Waals surface area contributed by atoms with Crippen LogP contribution in [-0.4, -0.2) is 74.9 Å². The van der Waals surface area contributed by atoms with Crippen LogP contribution in [0.5, 0.6) is 0 Å². The maximum absolute atomic E-state index is 12.9. The number of ether oxygens (including phenoxy) is 2. The van der Waals surface area contributed by atoms with Gasteiger partial charge >= 0.3 is 19.8 Å². The minimum Gasteiger partial charge on any atom is -0.462 e. The Labute approximate surface area is 556 Å². The van der Waals surface area contributed by atoms with Crippen molar-refractivity contribution in [2.75, 3.05) is 47.5 Å². The number of rotatable bonds is 69. The number of hydrogen-bond acceptors (Lipinski definition) is 7. The van der Waals surface area contributed by atoms with Gasteiger partial charge in [0.05, 0.1) is 27.7 Å². The van der Waals surface area contributed by atoms with Crippen LogP contribution >= 0.6 is 7.82 Å². The number of hydrogen-bond donors (Lipinski definition) is 1. The lowest BCUT2D eigenvalue weighted by atomic mass is 10.0. The molecule has 0 spiro atoms. The van der Waals surface area contributed by atoms with Crippen LogP contribution in [0.15, 0.2) is 109 Å². The Balaban J connectivity index is 3.96. The van der Waals surface area contributed by atoms with E-state index in [-0.39, 0.29) is 32.0 Å². The first-order chi connectivity index (χ1) is 44.0. The van der Waals surface area contributed by atoms with Crippen LogP contribution in [0.25, 0.3) is 0 Å². The molecule has 0 aromatic rings. The normalized spacial score (nSPS) is 13.7. The van der Waals surface area contributed by atoms with Gasteiger partial charge in [0.1, 0.15) is 19.8 Å². The summed E-state index contributed by atoms with van der Waals surface area (Å²) in [6.45, 7) is 4.24. The van der Waals surface area contributed by atoms with Crippen molar-refractivity contribution >= 4 is 19.8 Å². The number of phosphoric ester groups is 1. The third-order valence-corrected chi connectivity index (χ3v) is 17.3. The van der Waals surface area contributed by atoms with Crippen LogP contribution in [0.2, 0.25) is 0 Å². The summed E-state index contributed by atoms with van der Waals surface area (Å²) in [5, 5.41) is 0. The van der Waals surface area contributed by atoms with Crippen molar-refractivity contribution < 1.29 is 42.1 Å². The van der Waals surface area contributed by atoms with Gasteiger partial charge in [0.2, 0.25) is 0 Å². The number of nitrogens with zero attached hydrogens (tertiary/aromatic N) is 1. The lowest BCUT2D eigenvalue weighted by Crippen LogP contribution is -2.37. The molecule has 0 rings (SSSR count). The molecule has 0 aliphatic rings. The molecule has 0 heterocycles. The first-order valence-electron chi connectivity index (χ1n) is 37.6. The third-order valence-electron chi connectivity index (χ3n) is 16.3. The van der Waals surface area contributed by atoms with Gasteiger partial charge in [0.15, 0.2) is 6.10 Å². The van der Waals surface area contributed by atoms with E-state index in [1.165, 1.54) is 205 Å². The van der Waals surface area contributed by atoms with Crippen LogP contribution in [0.1, 0.15) is 335 Å². The Morgan fingerprint density at radius 3 is 0.889 bits per heavy atom. The molecule has 0 fully saturated rings. The van der Waals surface area contributed by atoms with Crippen molar-refractivity contribution in [1.82, 2.24) is 0 Å². The summed E-state index contributed by atoms with van der Waals surface area (Å²) in [5.74, 6) is -0.787. The molecule has 10 heteroatoms. The van der Waals surface area contributed by atoms with E-state index in [1.807, 2.05) is 21.1 Å². The molecule has 0 aliphatic heterocycles. The van der Waals surface area contributed by atoms with Crippen molar-refractivity contribution in [1.29, 1.82) is 0 Å². The number of carbonyl (C=O) groups is 2. The molecular formula is C80H143NO8P+. The maximum Gasteiger partial charge on any atom is 0.472 e. The smallest absolute Gasteiger partial charge is 0.462 e. The fourth-order valence-electron chi connectivity index (χ4n) is 10.6. The second-order valence-electron chi connectivity index (χ2n) is 26.3. The highest BCUT2D eigenvalue weighted by Crippen LogP contribution is 2.43. The summed E-state index contributed by atoms with van der Waals surface area (Å²) in [6.07, 6.45) is 99.3. The van der Waals surface area contributed by atoms with Crippen LogP contribution in [0, 0.1) is 0 Å². The molecule has 0 amide bonds. The van der Waals surface area contributed by atoms with Gasteiger partial charge in [0.25, 0.3) is 0 Å². The van der Waals surface area contributed by atoms with Crippen LogP contribution < -0.4 is 0 Å². The number of unbranched alkanes of at least 4 members (excludes halogenated alkanes) is 37. The summed E-state index contributed by atoms with van der Waals surface area (Å²) in [7, 11) is 1.48. The highest BCUT2D eigenvalue weighted by molar-refractivity contribution is 7.47. The number of esters is 2. The minimum atomic E-state index is -4.40. The van der Waals surface area contributed by atoms with E-state index in [1.54, 1.807) is 0 Å². The number of quaternary nitrogens is 1. The molecule has 9 nitrogen and oxygen atoms in total. The lowest BCUT2D eigenvalue weighted by molar-refractivity contribution is -0.870. The average molecular weight is 1280 g/mol. The maximum atomic E-state index is 12.9. The molecule has 0 saturated carbocycles. The molecule has 0 radical (unpaired) electrons. The highest BCUT2D eigenvalue weighted by Gasteiger charge is 2.27. The first kappa shape index (κ1) is 86.7. The zero-order valence-electron chi connectivity index (χ0n) is 59.4. The van der Waals surface area contributed by atoms with Crippen molar-refractivity contribution in [3.05, 3.63) is 109 Å². The van der Waals surface area contributed by atoms with Crippen molar-refractivity contribution in [2.24, 2.45) is 0 Å². The molecule has 0 aliphatic carbocycles. The Kier molecular flexibility index (Phi) is 67.4. The Bertz CT molecular complexity index is 1890. The molecule has 0 aromatic carbocycles. The van der Waals surface area contributed by atoms with E-state index in [9.17, 15) is 19.0 Å². The Morgan fingerprint density at radius 2 is 0.600 bits per heavy atom. The zero-order valence-corrected chi connectivity index (χ0v) is 60.2. The van der Waals surface area contributed by atoms with Crippen molar-refractivity contribution in [3.8, 4) is 0 Å². The van der Waals surface area contributed by atoms with E-state index in [2.05, 4.69) is 123 Å². The average Bonchev–Trinajstić information content (AvgIpc) is 3.58. The molecule has 1 N–H and O–H groups in total. The first-order valence-corrected chi connectivity index (χ1v) is 39.1. The highest BCUT2D eigenvalue weighted by atomic mass is 31.2. The van der Waals surface area contributed by atoms with E-state index < -0.39 is 26.5 Å². The number of carbonyl (C=O) groups excluding carboxylic acids is 2. The second kappa shape index (κ2) is 70.0. The molecule has 2 atom stereocenters. The van der Waals surface area contributed by atoms with Crippen molar-refractivity contribution in [2.45, 2.75) is 341 Å². The van der Waals surface area contributed by atoms with Gasteiger partial charge in [-0.05, 0) is 96.3 Å². The molecule has 520 valence electrons. The quantitative estimate of drug-likeness (QED) is 0.0211. The third kappa shape index (κ3) is 73.7. The monoisotopic (exact) mass is 1280 g/mol. The number of allylic oxidation sites excluding steroid dienone is 18.